The van der Waals surface area contributed by atoms with Gasteiger partial charge in [0.2, 0.25) is 15.9 Å². The third-order valence-electron chi connectivity index (χ3n) is 4.59. The SMILES string of the molecule is NS(=O)(=O)c1ccc2c(c1)CCN2C(=O)CSc1nccn1-c1cccc(Cl)c1. The Morgan fingerprint density at radius 3 is 2.83 bits per heavy atom. The lowest BCUT2D eigenvalue weighted by molar-refractivity contribution is -0.116. The normalized spacial score (nSPS) is 13.5. The second-order valence-electron chi connectivity index (χ2n) is 6.48. The van der Waals surface area contributed by atoms with E-state index in [1.54, 1.807) is 23.2 Å². The second kappa shape index (κ2) is 7.83. The third kappa shape index (κ3) is 4.18. The van der Waals surface area contributed by atoms with Crippen molar-refractivity contribution in [1.29, 1.82) is 0 Å². The van der Waals surface area contributed by atoms with Crippen molar-refractivity contribution in [2.24, 2.45) is 5.14 Å². The number of imidazole rings is 1. The minimum absolute atomic E-state index is 0.0588. The minimum Gasteiger partial charge on any atom is -0.311 e. The Balaban J connectivity index is 1.48. The van der Waals surface area contributed by atoms with Gasteiger partial charge in [0, 0.05) is 35.3 Å². The van der Waals surface area contributed by atoms with E-state index >= 15 is 0 Å². The van der Waals surface area contributed by atoms with E-state index in [2.05, 4.69) is 4.98 Å². The van der Waals surface area contributed by atoms with Gasteiger partial charge in [-0.25, -0.2) is 18.5 Å². The highest BCUT2D eigenvalue weighted by Gasteiger charge is 2.26. The van der Waals surface area contributed by atoms with Crippen molar-refractivity contribution in [3.05, 3.63) is 65.4 Å². The lowest BCUT2D eigenvalue weighted by atomic mass is 10.2. The molecule has 2 N–H and O–H groups in total. The maximum Gasteiger partial charge on any atom is 0.238 e. The predicted octanol–water partition coefficient (Wildman–Crippen LogP) is 2.85. The van der Waals surface area contributed by atoms with Crippen LogP contribution in [0.5, 0.6) is 0 Å². The fourth-order valence-electron chi connectivity index (χ4n) is 3.24. The summed E-state index contributed by atoms with van der Waals surface area (Å²) in [4.78, 5) is 18.9. The van der Waals surface area contributed by atoms with E-state index in [0.29, 0.717) is 23.1 Å². The summed E-state index contributed by atoms with van der Waals surface area (Å²) in [5.74, 6) is 0.131. The number of amides is 1. The Morgan fingerprint density at radius 2 is 2.07 bits per heavy atom. The quantitative estimate of drug-likeness (QED) is 0.605. The van der Waals surface area contributed by atoms with Crippen LogP contribution in [-0.4, -0.2) is 36.2 Å². The zero-order valence-electron chi connectivity index (χ0n) is 15.2. The van der Waals surface area contributed by atoms with Gasteiger partial charge in [-0.05, 0) is 48.4 Å². The zero-order valence-corrected chi connectivity index (χ0v) is 17.5. The highest BCUT2D eigenvalue weighted by molar-refractivity contribution is 7.99. The molecule has 0 fully saturated rings. The van der Waals surface area contributed by atoms with Gasteiger partial charge < -0.3 is 4.90 Å². The smallest absolute Gasteiger partial charge is 0.238 e. The van der Waals surface area contributed by atoms with Gasteiger partial charge in [0.15, 0.2) is 5.16 Å². The van der Waals surface area contributed by atoms with E-state index in [9.17, 15) is 13.2 Å². The predicted molar refractivity (Wildman–Crippen MR) is 113 cm³/mol. The number of anilines is 1. The molecule has 0 spiro atoms. The molecule has 150 valence electrons. The summed E-state index contributed by atoms with van der Waals surface area (Å²) in [6.07, 6.45) is 4.08. The Morgan fingerprint density at radius 1 is 1.24 bits per heavy atom. The lowest BCUT2D eigenvalue weighted by Crippen LogP contribution is -2.30. The first-order valence-corrected chi connectivity index (χ1v) is 11.6. The Kier molecular flexibility index (Phi) is 5.39. The molecule has 3 aromatic rings. The first kappa shape index (κ1) is 20.0. The summed E-state index contributed by atoms with van der Waals surface area (Å²) < 4.78 is 24.9. The fraction of sp³-hybridized carbons (Fsp3) is 0.158. The average molecular weight is 449 g/mol. The number of hydrogen-bond acceptors (Lipinski definition) is 5. The van der Waals surface area contributed by atoms with Crippen LogP contribution in [0.2, 0.25) is 5.02 Å². The number of halogens is 1. The molecular formula is C19H17ClN4O3S2. The van der Waals surface area contributed by atoms with Gasteiger partial charge in [-0.15, -0.1) is 0 Å². The van der Waals surface area contributed by atoms with Crippen LogP contribution < -0.4 is 10.0 Å². The standard InChI is InChI=1S/C19H17ClN4O3S2/c20-14-2-1-3-15(11-14)23-9-7-22-19(23)28-12-18(25)24-8-6-13-10-16(29(21,26)27)4-5-17(13)24/h1-5,7,9-11H,6,8,12H2,(H2,21,26,27). The van der Waals surface area contributed by atoms with Crippen molar-refractivity contribution in [2.45, 2.75) is 16.5 Å². The molecule has 0 atom stereocenters. The molecule has 29 heavy (non-hydrogen) atoms. The number of fused-ring (bicyclic) bond motifs is 1. The third-order valence-corrected chi connectivity index (χ3v) is 6.69. The number of nitrogens with two attached hydrogens (primary N) is 1. The Labute approximate surface area is 177 Å². The number of nitrogens with zero attached hydrogens (tertiary/aromatic N) is 3. The number of carbonyl (C=O) groups is 1. The first-order chi connectivity index (χ1) is 13.8. The molecule has 0 unspecified atom stereocenters. The van der Waals surface area contributed by atoms with Crippen LogP contribution in [0, 0.1) is 0 Å². The van der Waals surface area contributed by atoms with Crippen LogP contribution in [0.3, 0.4) is 0 Å². The molecule has 1 aliphatic heterocycles. The molecule has 0 radical (unpaired) electrons. The second-order valence-corrected chi connectivity index (χ2v) is 9.42. The molecular weight excluding hydrogens is 432 g/mol. The summed E-state index contributed by atoms with van der Waals surface area (Å²) in [5, 5.41) is 6.50. The zero-order chi connectivity index (χ0) is 20.6. The number of thioether (sulfide) groups is 1. The molecule has 1 aliphatic rings. The molecule has 0 saturated heterocycles. The van der Waals surface area contributed by atoms with Crippen LogP contribution in [0.4, 0.5) is 5.69 Å². The molecule has 0 aliphatic carbocycles. The molecule has 0 bridgehead atoms. The van der Waals surface area contributed by atoms with Crippen molar-refractivity contribution < 1.29 is 13.2 Å². The van der Waals surface area contributed by atoms with Crippen molar-refractivity contribution in [1.82, 2.24) is 9.55 Å². The number of rotatable bonds is 5. The molecule has 1 amide bonds. The minimum atomic E-state index is -3.76. The number of sulfonamides is 1. The number of primary sulfonamides is 1. The first-order valence-electron chi connectivity index (χ1n) is 8.71. The van der Waals surface area contributed by atoms with Crippen LogP contribution in [0.15, 0.2) is 64.9 Å². The van der Waals surface area contributed by atoms with Crippen molar-refractivity contribution in [2.75, 3.05) is 17.2 Å². The molecule has 2 aromatic carbocycles. The van der Waals surface area contributed by atoms with Crippen LogP contribution in [-0.2, 0) is 21.2 Å². The van der Waals surface area contributed by atoms with Gasteiger partial charge in [-0.3, -0.25) is 9.36 Å². The highest BCUT2D eigenvalue weighted by atomic mass is 35.5. The molecule has 7 nitrogen and oxygen atoms in total. The Hall–Kier alpha value is -2.33. The van der Waals surface area contributed by atoms with E-state index in [1.165, 1.54) is 23.9 Å². The van der Waals surface area contributed by atoms with Crippen LogP contribution in [0.1, 0.15) is 5.56 Å². The van der Waals surface area contributed by atoms with Gasteiger partial charge in [0.05, 0.1) is 10.6 Å². The number of hydrogen-bond donors (Lipinski definition) is 1. The van der Waals surface area contributed by atoms with Gasteiger partial charge in [0.1, 0.15) is 0 Å². The van der Waals surface area contributed by atoms with Crippen molar-refractivity contribution >= 4 is 45.0 Å². The van der Waals surface area contributed by atoms with Gasteiger partial charge in [-0.2, -0.15) is 0 Å². The van der Waals surface area contributed by atoms with Crippen molar-refractivity contribution in [3.8, 4) is 5.69 Å². The number of aromatic nitrogens is 2. The molecule has 0 saturated carbocycles. The van der Waals surface area contributed by atoms with Gasteiger partial charge >= 0.3 is 0 Å². The van der Waals surface area contributed by atoms with Crippen LogP contribution in [0.25, 0.3) is 5.69 Å². The summed E-state index contributed by atoms with van der Waals surface area (Å²) in [6.45, 7) is 0.505. The molecule has 10 heteroatoms. The van der Waals surface area contributed by atoms with E-state index in [-0.39, 0.29) is 16.6 Å². The lowest BCUT2D eigenvalue weighted by Gasteiger charge is -2.17. The van der Waals surface area contributed by atoms with Crippen LogP contribution >= 0.6 is 23.4 Å². The van der Waals surface area contributed by atoms with E-state index < -0.39 is 10.0 Å². The maximum atomic E-state index is 12.8. The summed E-state index contributed by atoms with van der Waals surface area (Å²) in [7, 11) is -3.76. The largest absolute Gasteiger partial charge is 0.311 e. The summed E-state index contributed by atoms with van der Waals surface area (Å²) >= 11 is 7.40. The topological polar surface area (TPSA) is 98.3 Å². The number of benzene rings is 2. The fourth-order valence-corrected chi connectivity index (χ4v) is 4.84. The van der Waals surface area contributed by atoms with E-state index in [4.69, 9.17) is 16.7 Å². The van der Waals surface area contributed by atoms with Crippen molar-refractivity contribution in [3.63, 3.8) is 0 Å². The summed E-state index contributed by atoms with van der Waals surface area (Å²) in [5.41, 5.74) is 2.39. The van der Waals surface area contributed by atoms with E-state index in [0.717, 1.165) is 16.9 Å². The number of carbonyl (C=O) groups excluding carboxylic acids is 1. The highest BCUT2D eigenvalue weighted by Crippen LogP contribution is 2.31. The van der Waals surface area contributed by atoms with Gasteiger partial charge in [0.25, 0.3) is 0 Å². The Bertz CT molecular complexity index is 1190. The van der Waals surface area contributed by atoms with E-state index in [1.807, 2.05) is 29.0 Å². The van der Waals surface area contributed by atoms with Gasteiger partial charge in [-0.1, -0.05) is 29.4 Å². The monoisotopic (exact) mass is 448 g/mol. The maximum absolute atomic E-state index is 12.8. The summed E-state index contributed by atoms with van der Waals surface area (Å²) in [6, 6.07) is 12.0. The molecule has 1 aromatic heterocycles. The molecule has 2 heterocycles. The molecule has 4 rings (SSSR count). The average Bonchev–Trinajstić information content (AvgIpc) is 3.31.